The first-order valence-electron chi connectivity index (χ1n) is 17.4. The van der Waals surface area contributed by atoms with Gasteiger partial charge in [0, 0.05) is 27.5 Å². The zero-order valence-corrected chi connectivity index (χ0v) is 28.8. The third kappa shape index (κ3) is 5.75. The van der Waals surface area contributed by atoms with E-state index < -0.39 is 0 Å². The van der Waals surface area contributed by atoms with Gasteiger partial charge in [-0.25, -0.2) is 15.0 Å². The van der Waals surface area contributed by atoms with Gasteiger partial charge in [0.15, 0.2) is 17.5 Å². The van der Waals surface area contributed by atoms with Crippen molar-refractivity contribution in [3.8, 4) is 56.4 Å². The van der Waals surface area contributed by atoms with Crippen molar-refractivity contribution >= 4 is 32.7 Å². The maximum atomic E-state index is 6.28. The predicted octanol–water partition coefficient (Wildman–Crippen LogP) is 12.6. The van der Waals surface area contributed by atoms with Crippen LogP contribution >= 0.6 is 0 Å². The van der Waals surface area contributed by atoms with E-state index in [-0.39, 0.29) is 5.41 Å². The molecule has 0 aliphatic rings. The standard InChI is InChI=1S/C47H35N3O/c1-47(2,3)38-28-36(39-17-11-19-42-43(39)40-16-9-10-18-41(40)51-42)27-37(29-38)46-49-44(32-13-5-4-6-14-32)48-45(50-46)33-23-20-31(21-24-33)35-25-22-30-12-7-8-15-34(30)26-35/h4-29H,1-3H3. The fourth-order valence-corrected chi connectivity index (χ4v) is 6.89. The molecule has 0 unspecified atom stereocenters. The van der Waals surface area contributed by atoms with Gasteiger partial charge in [0.05, 0.1) is 0 Å². The van der Waals surface area contributed by atoms with Gasteiger partial charge in [-0.15, -0.1) is 0 Å². The zero-order chi connectivity index (χ0) is 34.5. The summed E-state index contributed by atoms with van der Waals surface area (Å²) >= 11 is 0. The lowest BCUT2D eigenvalue weighted by Crippen LogP contribution is -2.11. The maximum Gasteiger partial charge on any atom is 0.164 e. The van der Waals surface area contributed by atoms with Crippen LogP contribution < -0.4 is 0 Å². The van der Waals surface area contributed by atoms with E-state index in [2.05, 4.69) is 130 Å². The number of benzene rings is 7. The van der Waals surface area contributed by atoms with Crippen LogP contribution in [0.1, 0.15) is 26.3 Å². The van der Waals surface area contributed by atoms with Gasteiger partial charge in [-0.2, -0.15) is 0 Å². The first-order valence-corrected chi connectivity index (χ1v) is 17.4. The van der Waals surface area contributed by atoms with E-state index in [1.165, 1.54) is 21.9 Å². The Labute approximate surface area is 297 Å². The second-order valence-electron chi connectivity index (χ2n) is 14.1. The summed E-state index contributed by atoms with van der Waals surface area (Å²) < 4.78 is 6.28. The third-order valence-corrected chi connectivity index (χ3v) is 9.66. The van der Waals surface area contributed by atoms with E-state index in [0.29, 0.717) is 17.5 Å². The van der Waals surface area contributed by atoms with E-state index in [9.17, 15) is 0 Å². The number of furan rings is 1. The van der Waals surface area contributed by atoms with Gasteiger partial charge in [-0.3, -0.25) is 0 Å². The van der Waals surface area contributed by atoms with Gasteiger partial charge in [0.2, 0.25) is 0 Å². The molecule has 4 heteroatoms. The minimum Gasteiger partial charge on any atom is -0.456 e. The molecule has 0 N–H and O–H groups in total. The van der Waals surface area contributed by atoms with E-state index in [1.807, 2.05) is 48.5 Å². The quantitative estimate of drug-likeness (QED) is 0.185. The van der Waals surface area contributed by atoms with Gasteiger partial charge in [0.1, 0.15) is 11.2 Å². The van der Waals surface area contributed by atoms with Crippen LogP contribution in [0.5, 0.6) is 0 Å². The number of hydrogen-bond donors (Lipinski definition) is 0. The van der Waals surface area contributed by atoms with Crippen molar-refractivity contribution in [2.75, 3.05) is 0 Å². The topological polar surface area (TPSA) is 51.8 Å². The van der Waals surface area contributed by atoms with Crippen LogP contribution in [-0.2, 0) is 5.41 Å². The summed E-state index contributed by atoms with van der Waals surface area (Å²) in [4.78, 5) is 15.3. The van der Waals surface area contributed by atoms with Gasteiger partial charge >= 0.3 is 0 Å². The number of fused-ring (bicyclic) bond motifs is 4. The summed E-state index contributed by atoms with van der Waals surface area (Å²) in [5.74, 6) is 1.91. The largest absolute Gasteiger partial charge is 0.456 e. The van der Waals surface area contributed by atoms with Crippen molar-refractivity contribution in [2.24, 2.45) is 0 Å². The molecule has 0 atom stereocenters. The van der Waals surface area contributed by atoms with Crippen LogP contribution in [0, 0.1) is 0 Å². The molecule has 0 bridgehead atoms. The normalized spacial score (nSPS) is 11.8. The Bertz CT molecular complexity index is 2720. The van der Waals surface area contributed by atoms with Crippen molar-refractivity contribution < 1.29 is 4.42 Å². The molecule has 0 saturated heterocycles. The summed E-state index contributed by atoms with van der Waals surface area (Å²) in [6, 6.07) is 55.0. The molecule has 9 rings (SSSR count). The predicted molar refractivity (Wildman–Crippen MR) is 210 cm³/mol. The van der Waals surface area contributed by atoms with E-state index in [4.69, 9.17) is 19.4 Å². The molecule has 2 heterocycles. The first kappa shape index (κ1) is 30.7. The summed E-state index contributed by atoms with van der Waals surface area (Å²) in [5, 5.41) is 4.67. The molecule has 0 aliphatic heterocycles. The fourth-order valence-electron chi connectivity index (χ4n) is 6.89. The highest BCUT2D eigenvalue weighted by Crippen LogP contribution is 2.40. The van der Waals surface area contributed by atoms with Gasteiger partial charge in [-0.1, -0.05) is 148 Å². The number of aromatic nitrogens is 3. The average molecular weight is 658 g/mol. The average Bonchev–Trinajstić information content (AvgIpc) is 3.56. The monoisotopic (exact) mass is 657 g/mol. The summed E-state index contributed by atoms with van der Waals surface area (Å²) in [7, 11) is 0. The van der Waals surface area contributed by atoms with Crippen molar-refractivity contribution in [2.45, 2.75) is 26.2 Å². The van der Waals surface area contributed by atoms with Gasteiger partial charge < -0.3 is 4.42 Å². The van der Waals surface area contributed by atoms with Crippen molar-refractivity contribution in [1.82, 2.24) is 15.0 Å². The molecular weight excluding hydrogens is 623 g/mol. The molecule has 0 aliphatic carbocycles. The Morgan fingerprint density at radius 1 is 0.412 bits per heavy atom. The van der Waals surface area contributed by atoms with E-state index in [1.54, 1.807) is 0 Å². The molecule has 244 valence electrons. The number of para-hydroxylation sites is 1. The number of hydrogen-bond acceptors (Lipinski definition) is 4. The fraction of sp³-hybridized carbons (Fsp3) is 0.0851. The van der Waals surface area contributed by atoms with Crippen LogP contribution in [-0.4, -0.2) is 15.0 Å². The van der Waals surface area contributed by atoms with Crippen LogP contribution in [0.25, 0.3) is 89.1 Å². The van der Waals surface area contributed by atoms with Crippen molar-refractivity contribution in [1.29, 1.82) is 0 Å². The van der Waals surface area contributed by atoms with E-state index >= 15 is 0 Å². The lowest BCUT2D eigenvalue weighted by Gasteiger charge is -2.22. The SMILES string of the molecule is CC(C)(C)c1cc(-c2nc(-c3ccccc3)nc(-c3ccc(-c4ccc5ccccc5c4)cc3)n2)cc(-c2cccc3oc4ccccc4c23)c1. The second kappa shape index (κ2) is 12.2. The molecule has 51 heavy (non-hydrogen) atoms. The molecule has 0 saturated carbocycles. The highest BCUT2D eigenvalue weighted by atomic mass is 16.3. The van der Waals surface area contributed by atoms with Crippen LogP contribution in [0.4, 0.5) is 0 Å². The van der Waals surface area contributed by atoms with Crippen molar-refractivity contribution in [3.63, 3.8) is 0 Å². The number of nitrogens with zero attached hydrogens (tertiary/aromatic N) is 3. The molecule has 7 aromatic carbocycles. The Morgan fingerprint density at radius 3 is 1.76 bits per heavy atom. The summed E-state index contributed by atoms with van der Waals surface area (Å²) in [5.41, 5.74) is 10.2. The third-order valence-electron chi connectivity index (χ3n) is 9.66. The smallest absolute Gasteiger partial charge is 0.164 e. The van der Waals surface area contributed by atoms with Crippen LogP contribution in [0.3, 0.4) is 0 Å². The van der Waals surface area contributed by atoms with Crippen LogP contribution in [0.15, 0.2) is 162 Å². The molecule has 0 radical (unpaired) electrons. The highest BCUT2D eigenvalue weighted by Gasteiger charge is 2.21. The molecule has 9 aromatic rings. The van der Waals surface area contributed by atoms with Gasteiger partial charge in [-0.05, 0) is 74.3 Å². The van der Waals surface area contributed by atoms with Crippen LogP contribution in [0.2, 0.25) is 0 Å². The lowest BCUT2D eigenvalue weighted by molar-refractivity contribution is 0.590. The molecular formula is C47H35N3O. The minimum absolute atomic E-state index is 0.117. The summed E-state index contributed by atoms with van der Waals surface area (Å²) in [6.07, 6.45) is 0. The summed E-state index contributed by atoms with van der Waals surface area (Å²) in [6.45, 7) is 6.74. The second-order valence-corrected chi connectivity index (χ2v) is 14.1. The van der Waals surface area contributed by atoms with Gasteiger partial charge in [0.25, 0.3) is 0 Å². The number of rotatable bonds is 5. The lowest BCUT2D eigenvalue weighted by atomic mass is 9.83. The molecule has 4 nitrogen and oxygen atoms in total. The minimum atomic E-state index is -0.117. The first-order chi connectivity index (χ1) is 24.9. The molecule has 0 spiro atoms. The Balaban J connectivity index is 1.20. The Kier molecular flexibility index (Phi) is 7.32. The highest BCUT2D eigenvalue weighted by molar-refractivity contribution is 6.12. The molecule has 0 amide bonds. The Hall–Kier alpha value is -6.39. The molecule has 2 aromatic heterocycles. The molecule has 0 fully saturated rings. The Morgan fingerprint density at radius 2 is 1.00 bits per heavy atom. The zero-order valence-electron chi connectivity index (χ0n) is 28.8. The maximum absolute atomic E-state index is 6.28. The van der Waals surface area contributed by atoms with E-state index in [0.717, 1.165) is 55.3 Å². The van der Waals surface area contributed by atoms with Crippen molar-refractivity contribution in [3.05, 3.63) is 163 Å².